The number of hydrogen-bond acceptors (Lipinski definition) is 4. The van der Waals surface area contributed by atoms with Gasteiger partial charge in [-0.1, -0.05) is 6.92 Å². The minimum atomic E-state index is 0.509. The molecule has 1 aromatic rings. The number of pyridine rings is 1. The van der Waals surface area contributed by atoms with Crippen molar-refractivity contribution >= 4 is 5.69 Å². The van der Waals surface area contributed by atoms with Gasteiger partial charge >= 0.3 is 0 Å². The number of nitrogens with one attached hydrogen (secondary N) is 1. The van der Waals surface area contributed by atoms with Crippen molar-refractivity contribution in [1.29, 1.82) is 0 Å². The predicted molar refractivity (Wildman–Crippen MR) is 83.5 cm³/mol. The standard InChI is InChI=1S/C16H27N3O/c1-4-9-17-13(2)15-7-5-6-11-19(15)14-8-10-18-16(12-14)20-3/h8,10,12-13,15,17H,4-7,9,11H2,1-3H3. The monoisotopic (exact) mass is 277 g/mol. The number of piperidine rings is 1. The summed E-state index contributed by atoms with van der Waals surface area (Å²) < 4.78 is 5.25. The molecule has 0 radical (unpaired) electrons. The van der Waals surface area contributed by atoms with Crippen LogP contribution >= 0.6 is 0 Å². The van der Waals surface area contributed by atoms with E-state index in [0.717, 1.165) is 13.1 Å². The van der Waals surface area contributed by atoms with Crippen LogP contribution in [-0.4, -0.2) is 37.3 Å². The van der Waals surface area contributed by atoms with E-state index in [2.05, 4.69) is 35.1 Å². The quantitative estimate of drug-likeness (QED) is 0.867. The van der Waals surface area contributed by atoms with Gasteiger partial charge in [-0.15, -0.1) is 0 Å². The summed E-state index contributed by atoms with van der Waals surface area (Å²) in [5, 5.41) is 3.64. The molecule has 2 heterocycles. The summed E-state index contributed by atoms with van der Waals surface area (Å²) >= 11 is 0. The van der Waals surface area contributed by atoms with E-state index in [4.69, 9.17) is 4.74 Å². The van der Waals surface area contributed by atoms with Crippen molar-refractivity contribution in [1.82, 2.24) is 10.3 Å². The molecule has 2 unspecified atom stereocenters. The maximum Gasteiger partial charge on any atom is 0.214 e. The van der Waals surface area contributed by atoms with Crippen molar-refractivity contribution < 1.29 is 4.74 Å². The molecule has 1 saturated heterocycles. The number of ether oxygens (including phenoxy) is 1. The van der Waals surface area contributed by atoms with E-state index < -0.39 is 0 Å². The average molecular weight is 277 g/mol. The molecule has 1 N–H and O–H groups in total. The number of anilines is 1. The summed E-state index contributed by atoms with van der Waals surface area (Å²) in [5.74, 6) is 0.695. The fourth-order valence-corrected chi connectivity index (χ4v) is 3.00. The van der Waals surface area contributed by atoms with E-state index in [1.807, 2.05) is 12.3 Å². The number of aromatic nitrogens is 1. The summed E-state index contributed by atoms with van der Waals surface area (Å²) in [7, 11) is 1.67. The highest BCUT2D eigenvalue weighted by molar-refractivity contribution is 5.49. The van der Waals surface area contributed by atoms with Gasteiger partial charge in [0.25, 0.3) is 0 Å². The van der Waals surface area contributed by atoms with Crippen LogP contribution in [0.1, 0.15) is 39.5 Å². The smallest absolute Gasteiger partial charge is 0.214 e. The molecule has 1 aromatic heterocycles. The minimum absolute atomic E-state index is 0.509. The van der Waals surface area contributed by atoms with E-state index in [-0.39, 0.29) is 0 Å². The molecule has 0 saturated carbocycles. The Balaban J connectivity index is 2.13. The summed E-state index contributed by atoms with van der Waals surface area (Å²) in [6.45, 7) is 6.73. The Morgan fingerprint density at radius 1 is 1.50 bits per heavy atom. The third kappa shape index (κ3) is 3.63. The van der Waals surface area contributed by atoms with Crippen molar-refractivity contribution in [2.24, 2.45) is 0 Å². The Morgan fingerprint density at radius 2 is 2.35 bits per heavy atom. The predicted octanol–water partition coefficient (Wildman–Crippen LogP) is 2.84. The van der Waals surface area contributed by atoms with Crippen molar-refractivity contribution in [2.75, 3.05) is 25.1 Å². The van der Waals surface area contributed by atoms with Gasteiger partial charge < -0.3 is 15.0 Å². The number of hydrogen-bond donors (Lipinski definition) is 1. The van der Waals surface area contributed by atoms with E-state index in [1.165, 1.54) is 31.4 Å². The van der Waals surface area contributed by atoms with Crippen LogP contribution in [0.25, 0.3) is 0 Å². The third-order valence-electron chi connectivity index (χ3n) is 4.10. The Bertz CT molecular complexity index is 410. The van der Waals surface area contributed by atoms with Crippen LogP contribution < -0.4 is 15.0 Å². The molecular weight excluding hydrogens is 250 g/mol. The lowest BCUT2D eigenvalue weighted by atomic mass is 9.95. The molecule has 20 heavy (non-hydrogen) atoms. The van der Waals surface area contributed by atoms with Crippen molar-refractivity contribution in [2.45, 2.75) is 51.6 Å². The van der Waals surface area contributed by atoms with E-state index in [0.29, 0.717) is 18.0 Å². The van der Waals surface area contributed by atoms with E-state index >= 15 is 0 Å². The molecule has 2 atom stereocenters. The highest BCUT2D eigenvalue weighted by atomic mass is 16.5. The average Bonchev–Trinajstić information content (AvgIpc) is 2.52. The molecule has 4 heteroatoms. The first-order chi connectivity index (χ1) is 9.76. The van der Waals surface area contributed by atoms with Gasteiger partial charge in [0.2, 0.25) is 5.88 Å². The lowest BCUT2D eigenvalue weighted by Crippen LogP contribution is -2.51. The second kappa shape index (κ2) is 7.48. The molecule has 4 nitrogen and oxygen atoms in total. The van der Waals surface area contributed by atoms with Gasteiger partial charge in [-0.2, -0.15) is 0 Å². The van der Waals surface area contributed by atoms with Gasteiger partial charge in [-0.05, 0) is 45.2 Å². The van der Waals surface area contributed by atoms with E-state index in [1.54, 1.807) is 7.11 Å². The zero-order valence-electron chi connectivity index (χ0n) is 12.9. The largest absolute Gasteiger partial charge is 0.481 e. The second-order valence-electron chi connectivity index (χ2n) is 5.56. The summed E-state index contributed by atoms with van der Waals surface area (Å²) in [6, 6.07) is 5.20. The van der Waals surface area contributed by atoms with Gasteiger partial charge in [-0.3, -0.25) is 0 Å². The fraction of sp³-hybridized carbons (Fsp3) is 0.688. The SMILES string of the molecule is CCCNC(C)C1CCCCN1c1ccnc(OC)c1. The Hall–Kier alpha value is -1.29. The molecule has 0 bridgehead atoms. The maximum absolute atomic E-state index is 5.25. The molecule has 1 aliphatic rings. The molecule has 0 amide bonds. The molecule has 2 rings (SSSR count). The van der Waals surface area contributed by atoms with Crippen molar-refractivity contribution in [3.63, 3.8) is 0 Å². The highest BCUT2D eigenvalue weighted by Gasteiger charge is 2.27. The first-order valence-corrected chi connectivity index (χ1v) is 7.76. The number of methoxy groups -OCH3 is 1. The van der Waals surface area contributed by atoms with Crippen LogP contribution in [0.5, 0.6) is 5.88 Å². The summed E-state index contributed by atoms with van der Waals surface area (Å²) in [6.07, 6.45) is 6.86. The highest BCUT2D eigenvalue weighted by Crippen LogP contribution is 2.28. The van der Waals surface area contributed by atoms with Crippen LogP contribution in [0, 0.1) is 0 Å². The molecule has 0 aromatic carbocycles. The lowest BCUT2D eigenvalue weighted by molar-refractivity contribution is 0.366. The van der Waals surface area contributed by atoms with Crippen LogP contribution in [0.2, 0.25) is 0 Å². The fourth-order valence-electron chi connectivity index (χ4n) is 3.00. The molecular formula is C16H27N3O. The van der Waals surface area contributed by atoms with Crippen LogP contribution in [0.15, 0.2) is 18.3 Å². The molecule has 0 aliphatic carbocycles. The second-order valence-corrected chi connectivity index (χ2v) is 5.56. The van der Waals surface area contributed by atoms with Gasteiger partial charge in [-0.25, -0.2) is 4.98 Å². The maximum atomic E-state index is 5.25. The molecule has 1 aliphatic heterocycles. The van der Waals surface area contributed by atoms with E-state index in [9.17, 15) is 0 Å². The Morgan fingerprint density at radius 3 is 3.10 bits per heavy atom. The van der Waals surface area contributed by atoms with Gasteiger partial charge in [0.05, 0.1) is 7.11 Å². The first-order valence-electron chi connectivity index (χ1n) is 7.76. The van der Waals surface area contributed by atoms with Crippen molar-refractivity contribution in [3.8, 4) is 5.88 Å². The number of nitrogens with zero attached hydrogens (tertiary/aromatic N) is 2. The van der Waals surface area contributed by atoms with Gasteiger partial charge in [0.1, 0.15) is 0 Å². The third-order valence-corrected chi connectivity index (χ3v) is 4.10. The number of rotatable bonds is 6. The minimum Gasteiger partial charge on any atom is -0.481 e. The van der Waals surface area contributed by atoms with Crippen LogP contribution in [-0.2, 0) is 0 Å². The Labute approximate surface area is 122 Å². The van der Waals surface area contributed by atoms with Gasteiger partial charge in [0, 0.05) is 36.6 Å². The lowest BCUT2D eigenvalue weighted by Gasteiger charge is -2.41. The zero-order chi connectivity index (χ0) is 14.4. The summed E-state index contributed by atoms with van der Waals surface area (Å²) in [4.78, 5) is 6.72. The molecule has 112 valence electrons. The van der Waals surface area contributed by atoms with Gasteiger partial charge in [0.15, 0.2) is 0 Å². The first kappa shape index (κ1) is 15.1. The zero-order valence-corrected chi connectivity index (χ0v) is 12.9. The topological polar surface area (TPSA) is 37.4 Å². The Kier molecular flexibility index (Phi) is 5.65. The van der Waals surface area contributed by atoms with Crippen LogP contribution in [0.3, 0.4) is 0 Å². The summed E-state index contributed by atoms with van der Waals surface area (Å²) in [5.41, 5.74) is 1.23. The van der Waals surface area contributed by atoms with Crippen LogP contribution in [0.4, 0.5) is 5.69 Å². The molecule has 1 fully saturated rings. The normalized spacial score (nSPS) is 20.8. The van der Waals surface area contributed by atoms with Crippen molar-refractivity contribution in [3.05, 3.63) is 18.3 Å². The molecule has 0 spiro atoms.